The number of benzene rings is 4. The fourth-order valence-electron chi connectivity index (χ4n) is 5.86. The summed E-state index contributed by atoms with van der Waals surface area (Å²) in [4.78, 5) is 61.5. The molecule has 1 aliphatic heterocycles. The smallest absolute Gasteiger partial charge is 0.537 e. The lowest BCUT2D eigenvalue weighted by Crippen LogP contribution is -2.35. The number of anilines is 2. The number of carboxylic acids is 4. The number of phenolic OH excluding ortho intramolecular Hbond substituents is 1. The molecule has 0 aromatic heterocycles. The lowest BCUT2D eigenvalue weighted by molar-refractivity contribution is -0.138. The average molecular weight is 812 g/mol. The van der Waals surface area contributed by atoms with Crippen LogP contribution in [0.2, 0.25) is 10.0 Å². The van der Waals surface area contributed by atoms with E-state index in [-0.39, 0.29) is 91.1 Å². The van der Waals surface area contributed by atoms with Gasteiger partial charge in [-0.25, -0.2) is 0 Å². The number of nitrogens with zero attached hydrogens (tertiary/aromatic N) is 2. The maximum Gasteiger partial charge on any atom is 0.569 e. The van der Waals surface area contributed by atoms with Crippen molar-refractivity contribution >= 4 is 77.1 Å². The third-order valence-electron chi connectivity index (χ3n) is 8.05. The van der Waals surface area contributed by atoms with Gasteiger partial charge in [0, 0.05) is 40.3 Å². The lowest BCUT2D eigenvalue weighted by Gasteiger charge is -2.27. The van der Waals surface area contributed by atoms with Crippen molar-refractivity contribution in [1.82, 2.24) is 0 Å². The number of phenols is 1. The largest absolute Gasteiger partial charge is 0.569 e. The molecular weight excluding hydrogens is 782 g/mol. The zero-order valence-electron chi connectivity index (χ0n) is 29.0. The molecule has 3 aromatic carbocycles. The molecule has 0 amide bonds. The Morgan fingerprint density at radius 1 is 0.714 bits per heavy atom. The third-order valence-corrected chi connectivity index (χ3v) is 8.65. The molecule has 1 radical (unpaired) electrons. The highest BCUT2D eigenvalue weighted by atomic mass is 35.5. The fraction of sp³-hybridized carbons (Fsp3) is 0.194. The van der Waals surface area contributed by atoms with Crippen molar-refractivity contribution in [2.75, 3.05) is 49.2 Å². The number of aromatic hydroxyl groups is 1. The molecule has 0 unspecified atom stereocenters. The van der Waals surface area contributed by atoms with Crippen LogP contribution in [0.1, 0.15) is 5.56 Å². The van der Waals surface area contributed by atoms with Crippen molar-refractivity contribution in [2.45, 2.75) is 6.92 Å². The highest BCUT2D eigenvalue weighted by Crippen LogP contribution is 2.49. The first-order valence-corrected chi connectivity index (χ1v) is 16.9. The number of rotatable bonds is 18. The van der Waals surface area contributed by atoms with E-state index in [9.17, 15) is 54.5 Å². The summed E-state index contributed by atoms with van der Waals surface area (Å²) in [6, 6.07) is 12.3. The Hall–Kier alpha value is -6.37. The van der Waals surface area contributed by atoms with E-state index >= 15 is 0 Å². The predicted octanol–water partition coefficient (Wildman–Crippen LogP) is 4.20. The van der Waals surface area contributed by atoms with Crippen molar-refractivity contribution in [3.63, 3.8) is 0 Å². The van der Waals surface area contributed by atoms with Gasteiger partial charge in [-0.1, -0.05) is 29.3 Å². The fourth-order valence-corrected chi connectivity index (χ4v) is 6.19. The van der Waals surface area contributed by atoms with E-state index < -0.39 is 55.5 Å². The second-order valence-corrected chi connectivity index (χ2v) is 12.9. The highest BCUT2D eigenvalue weighted by molar-refractivity contribution is 6.33. The van der Waals surface area contributed by atoms with Gasteiger partial charge in [-0.05, 0) is 42.8 Å². The van der Waals surface area contributed by atoms with E-state index in [0.29, 0.717) is 13.2 Å². The molecule has 0 saturated carbocycles. The Labute approximate surface area is 326 Å². The van der Waals surface area contributed by atoms with E-state index in [0.717, 1.165) is 15.9 Å². The molecule has 6 N–H and O–H groups in total. The summed E-state index contributed by atoms with van der Waals surface area (Å²) in [6.07, 6.45) is 0. The van der Waals surface area contributed by atoms with Crippen LogP contribution >= 0.6 is 23.2 Å². The molecular formula is C36H30BCl2N2O15. The SMILES string of the molecule is Cc1ccc(N(CC(=O)O)CC(=O)O)c(OCCOc2cc(-c3c4cc(Cl)c(=O)cc-4oc4cc(O)c(Cl)cc34)c(O[B]O)cc2N(CC(=O)O)CC(=O)O)c1. The molecule has 0 atom stereocenters. The molecule has 0 fully saturated rings. The van der Waals surface area contributed by atoms with E-state index in [1.807, 2.05) is 0 Å². The quantitative estimate of drug-likeness (QED) is 0.0412. The van der Waals surface area contributed by atoms with Gasteiger partial charge in [0.2, 0.25) is 5.43 Å². The molecule has 3 aromatic rings. The van der Waals surface area contributed by atoms with Crippen LogP contribution in [0, 0.1) is 6.92 Å². The second kappa shape index (κ2) is 17.4. The van der Waals surface area contributed by atoms with Gasteiger partial charge < -0.3 is 58.9 Å². The molecule has 20 heteroatoms. The van der Waals surface area contributed by atoms with E-state index in [1.165, 1.54) is 36.4 Å². The van der Waals surface area contributed by atoms with Crippen LogP contribution < -0.4 is 29.4 Å². The van der Waals surface area contributed by atoms with Crippen LogP contribution in [0.15, 0.2) is 63.8 Å². The summed E-state index contributed by atoms with van der Waals surface area (Å²) in [5.41, 5.74) is 0.740. The van der Waals surface area contributed by atoms with Crippen molar-refractivity contribution in [1.29, 1.82) is 0 Å². The number of fused-ring (bicyclic) bond motifs is 2. The third kappa shape index (κ3) is 9.46. The molecule has 56 heavy (non-hydrogen) atoms. The average Bonchev–Trinajstić information content (AvgIpc) is 3.10. The zero-order chi connectivity index (χ0) is 40.8. The van der Waals surface area contributed by atoms with E-state index in [2.05, 4.69) is 0 Å². The van der Waals surface area contributed by atoms with Gasteiger partial charge in [0.25, 0.3) is 0 Å². The van der Waals surface area contributed by atoms with E-state index in [4.69, 9.17) is 41.7 Å². The first-order chi connectivity index (χ1) is 26.6. The van der Waals surface area contributed by atoms with Crippen LogP contribution in [0.5, 0.6) is 23.0 Å². The Kier molecular flexibility index (Phi) is 12.7. The van der Waals surface area contributed by atoms with Gasteiger partial charge in [-0.3, -0.25) is 24.0 Å². The Balaban J connectivity index is 1.66. The number of aryl methyl sites for hydroxylation is 1. The van der Waals surface area contributed by atoms with Crippen LogP contribution in [0.25, 0.3) is 33.4 Å². The second-order valence-electron chi connectivity index (χ2n) is 12.1. The number of aliphatic carboxylic acids is 4. The van der Waals surface area contributed by atoms with Gasteiger partial charge >= 0.3 is 31.6 Å². The van der Waals surface area contributed by atoms with Gasteiger partial charge in [0.15, 0.2) is 0 Å². The minimum absolute atomic E-state index is 0.00896. The Morgan fingerprint density at radius 3 is 1.86 bits per heavy atom. The predicted molar refractivity (Wildman–Crippen MR) is 202 cm³/mol. The molecule has 17 nitrogen and oxygen atoms in total. The number of carboxylic acid groups (broad SMARTS) is 4. The molecule has 1 heterocycles. The lowest BCUT2D eigenvalue weighted by atomic mass is 9.92. The highest BCUT2D eigenvalue weighted by Gasteiger charge is 2.27. The minimum atomic E-state index is -1.40. The number of ether oxygens (including phenoxy) is 2. The zero-order valence-corrected chi connectivity index (χ0v) is 30.5. The molecule has 0 bridgehead atoms. The Bertz CT molecular complexity index is 2340. The normalized spacial score (nSPS) is 10.9. The maximum absolute atomic E-state index is 12.6. The standard InChI is InChI=1S/C36H30BCl2N2O15/c1-17-2-3-23(40(13-32(44)45)14-33(46)47)30(6-17)53-4-5-54-31-9-20(29(56-37-52)10-24(31)41(15-34(48)49)16-35(50)51)36-18-7-21(38)25(42)11-27(18)55-28-12-26(43)22(39)8-19(28)36/h2-3,6-12,42,52H,4-5,13-16H2,1H3,(H,44,45)(H,46,47)(H,48,49)(H,50,51). The number of hydrogen-bond donors (Lipinski definition) is 6. The van der Waals surface area contributed by atoms with Gasteiger partial charge in [0.1, 0.15) is 73.7 Å². The molecule has 2 aliphatic rings. The summed E-state index contributed by atoms with van der Waals surface area (Å²) < 4.78 is 23.5. The first-order valence-electron chi connectivity index (χ1n) is 16.2. The van der Waals surface area contributed by atoms with Crippen molar-refractivity contribution in [3.8, 4) is 45.4 Å². The summed E-state index contributed by atoms with van der Waals surface area (Å²) in [5.74, 6) is -5.90. The monoisotopic (exact) mass is 811 g/mol. The molecule has 0 spiro atoms. The minimum Gasteiger partial charge on any atom is -0.537 e. The number of halogens is 2. The molecule has 1 aliphatic carbocycles. The van der Waals surface area contributed by atoms with Crippen LogP contribution in [-0.4, -0.2) is 102 Å². The number of hydrogen-bond acceptors (Lipinski definition) is 13. The van der Waals surface area contributed by atoms with Crippen LogP contribution in [0.4, 0.5) is 11.4 Å². The van der Waals surface area contributed by atoms with Crippen LogP contribution in [0.3, 0.4) is 0 Å². The molecule has 0 saturated heterocycles. The van der Waals surface area contributed by atoms with Crippen molar-refractivity contribution in [3.05, 3.63) is 80.4 Å². The van der Waals surface area contributed by atoms with Gasteiger partial charge in [-0.2, -0.15) is 0 Å². The summed E-state index contributed by atoms with van der Waals surface area (Å²) in [6.45, 7) is -1.80. The van der Waals surface area contributed by atoms with Crippen molar-refractivity contribution in [2.24, 2.45) is 0 Å². The summed E-state index contributed by atoms with van der Waals surface area (Å²) >= 11 is 12.6. The van der Waals surface area contributed by atoms with E-state index in [1.54, 1.807) is 19.1 Å². The topological polar surface area (TPSA) is 254 Å². The van der Waals surface area contributed by atoms with Crippen LogP contribution in [-0.2, 0) is 19.2 Å². The van der Waals surface area contributed by atoms with Gasteiger partial charge in [0.05, 0.1) is 21.4 Å². The molecule has 5 rings (SSSR count). The Morgan fingerprint density at radius 2 is 1.29 bits per heavy atom. The number of carbonyl (C=O) groups is 4. The van der Waals surface area contributed by atoms with Crippen molar-refractivity contribution < 1.29 is 68.3 Å². The summed E-state index contributed by atoms with van der Waals surface area (Å²) in [7, 11) is 0.326. The first kappa shape index (κ1) is 40.8. The van der Waals surface area contributed by atoms with Gasteiger partial charge in [-0.15, -0.1) is 0 Å². The maximum atomic E-state index is 12.6. The molecule has 291 valence electrons. The summed E-state index contributed by atoms with van der Waals surface area (Å²) in [5, 5.41) is 58.4.